The third kappa shape index (κ3) is 5.76. The highest BCUT2D eigenvalue weighted by Crippen LogP contribution is 2.11. The Hall–Kier alpha value is -1.50. The third-order valence-corrected chi connectivity index (χ3v) is 7.31. The van der Waals surface area contributed by atoms with Crippen molar-refractivity contribution in [2.75, 3.05) is 40.6 Å². The SMILES string of the molecule is COCCCO[Si](OCCCOC)(c1ccccc1)c1ccccc1. The Bertz CT molecular complexity index is 523. The smallest absolute Gasteiger partial charge is 0.388 e. The number of benzene rings is 2. The van der Waals surface area contributed by atoms with Crippen molar-refractivity contribution in [1.82, 2.24) is 0 Å². The van der Waals surface area contributed by atoms with Gasteiger partial charge in [0.15, 0.2) is 0 Å². The first-order chi connectivity index (χ1) is 12.3. The maximum absolute atomic E-state index is 6.48. The Labute approximate surface area is 151 Å². The molecule has 0 spiro atoms. The second-order valence-corrected chi connectivity index (χ2v) is 8.70. The third-order valence-electron chi connectivity index (χ3n) is 3.90. The van der Waals surface area contributed by atoms with Gasteiger partial charge in [-0.15, -0.1) is 0 Å². The highest BCUT2D eigenvalue weighted by Gasteiger charge is 2.42. The van der Waals surface area contributed by atoms with E-state index in [1.165, 1.54) is 0 Å². The minimum Gasteiger partial charge on any atom is -0.388 e. The molecule has 5 heteroatoms. The van der Waals surface area contributed by atoms with Crippen LogP contribution in [-0.4, -0.2) is 49.2 Å². The van der Waals surface area contributed by atoms with E-state index >= 15 is 0 Å². The van der Waals surface area contributed by atoms with Crippen LogP contribution in [-0.2, 0) is 18.3 Å². The van der Waals surface area contributed by atoms with Crippen LogP contribution in [0.5, 0.6) is 0 Å². The van der Waals surface area contributed by atoms with Crippen LogP contribution in [0.25, 0.3) is 0 Å². The lowest BCUT2D eigenvalue weighted by molar-refractivity contribution is 0.134. The molecule has 25 heavy (non-hydrogen) atoms. The van der Waals surface area contributed by atoms with E-state index in [4.69, 9.17) is 18.3 Å². The van der Waals surface area contributed by atoms with E-state index in [0.29, 0.717) is 26.4 Å². The quantitative estimate of drug-likeness (QED) is 0.430. The second-order valence-electron chi connectivity index (χ2n) is 5.74. The maximum atomic E-state index is 6.48. The van der Waals surface area contributed by atoms with Gasteiger partial charge in [-0.1, -0.05) is 60.7 Å². The molecular weight excluding hydrogens is 332 g/mol. The van der Waals surface area contributed by atoms with Crippen LogP contribution >= 0.6 is 0 Å². The van der Waals surface area contributed by atoms with E-state index in [1.807, 2.05) is 36.4 Å². The standard InChI is InChI=1S/C20H28O4Si/c1-21-15-9-17-23-25(24-18-10-16-22-2,19-11-5-3-6-12-19)20-13-7-4-8-14-20/h3-8,11-14H,9-10,15-18H2,1-2H3. The van der Waals surface area contributed by atoms with Crippen LogP contribution < -0.4 is 10.4 Å². The fourth-order valence-corrected chi connectivity index (χ4v) is 5.90. The van der Waals surface area contributed by atoms with Gasteiger partial charge >= 0.3 is 8.56 Å². The highest BCUT2D eigenvalue weighted by atomic mass is 28.4. The molecular formula is C20H28O4Si. The Morgan fingerprint density at radius 2 is 1.00 bits per heavy atom. The average Bonchev–Trinajstić information content (AvgIpc) is 2.68. The Balaban J connectivity index is 2.30. The minimum atomic E-state index is -2.76. The molecule has 4 nitrogen and oxygen atoms in total. The van der Waals surface area contributed by atoms with Gasteiger partial charge in [0, 0.05) is 40.6 Å². The summed E-state index contributed by atoms with van der Waals surface area (Å²) >= 11 is 0. The van der Waals surface area contributed by atoms with Crippen molar-refractivity contribution in [3.05, 3.63) is 60.7 Å². The summed E-state index contributed by atoms with van der Waals surface area (Å²) in [5, 5.41) is 2.24. The summed E-state index contributed by atoms with van der Waals surface area (Å²) in [6.45, 7) is 2.57. The fraction of sp³-hybridized carbons (Fsp3) is 0.400. The largest absolute Gasteiger partial charge is 0.407 e. The molecule has 136 valence electrons. The number of ether oxygens (including phenoxy) is 2. The Kier molecular flexibility index (Phi) is 8.86. The maximum Gasteiger partial charge on any atom is 0.407 e. The van der Waals surface area contributed by atoms with Crippen LogP contribution in [0.1, 0.15) is 12.8 Å². The van der Waals surface area contributed by atoms with Gasteiger partial charge < -0.3 is 18.3 Å². The van der Waals surface area contributed by atoms with Gasteiger partial charge in [-0.3, -0.25) is 0 Å². The molecule has 0 unspecified atom stereocenters. The molecule has 0 aliphatic carbocycles. The molecule has 0 aromatic heterocycles. The summed E-state index contributed by atoms with van der Waals surface area (Å²) < 4.78 is 23.3. The molecule has 0 aliphatic heterocycles. The fourth-order valence-electron chi connectivity index (χ4n) is 2.70. The zero-order valence-corrected chi connectivity index (χ0v) is 16.1. The van der Waals surface area contributed by atoms with E-state index in [2.05, 4.69) is 24.3 Å². The first kappa shape index (κ1) is 19.8. The van der Waals surface area contributed by atoms with Crippen molar-refractivity contribution in [3.63, 3.8) is 0 Å². The number of hydrogen-bond donors (Lipinski definition) is 0. The molecule has 0 aliphatic rings. The molecule has 0 atom stereocenters. The Morgan fingerprint density at radius 1 is 0.600 bits per heavy atom. The van der Waals surface area contributed by atoms with Gasteiger partial charge in [-0.25, -0.2) is 0 Å². The number of methoxy groups -OCH3 is 2. The molecule has 2 aromatic carbocycles. The van der Waals surface area contributed by atoms with Crippen molar-refractivity contribution in [3.8, 4) is 0 Å². The topological polar surface area (TPSA) is 36.9 Å². The predicted octanol–water partition coefficient (Wildman–Crippen LogP) is 2.35. The van der Waals surface area contributed by atoms with E-state index in [9.17, 15) is 0 Å². The van der Waals surface area contributed by atoms with Crippen molar-refractivity contribution in [2.45, 2.75) is 12.8 Å². The normalized spacial score (nSPS) is 11.6. The van der Waals surface area contributed by atoms with Gasteiger partial charge in [0.2, 0.25) is 0 Å². The summed E-state index contributed by atoms with van der Waals surface area (Å²) in [5.41, 5.74) is 0. The molecule has 0 radical (unpaired) electrons. The zero-order valence-electron chi connectivity index (χ0n) is 15.1. The monoisotopic (exact) mass is 360 g/mol. The van der Waals surface area contributed by atoms with E-state index in [-0.39, 0.29) is 0 Å². The minimum absolute atomic E-state index is 0.605. The lowest BCUT2D eigenvalue weighted by Crippen LogP contribution is -2.63. The summed E-state index contributed by atoms with van der Waals surface area (Å²) in [6.07, 6.45) is 1.68. The average molecular weight is 361 g/mol. The van der Waals surface area contributed by atoms with Crippen molar-refractivity contribution >= 4 is 18.9 Å². The molecule has 2 rings (SSSR count). The summed E-state index contributed by atoms with van der Waals surface area (Å²) in [6, 6.07) is 20.6. The van der Waals surface area contributed by atoms with Gasteiger partial charge in [-0.05, 0) is 23.2 Å². The van der Waals surface area contributed by atoms with E-state index in [1.54, 1.807) is 14.2 Å². The second kappa shape index (κ2) is 11.2. The molecule has 0 amide bonds. The number of rotatable bonds is 12. The summed E-state index contributed by atoms with van der Waals surface area (Å²) in [4.78, 5) is 0. The van der Waals surface area contributed by atoms with Crippen LogP contribution in [0.4, 0.5) is 0 Å². The lowest BCUT2D eigenvalue weighted by atomic mass is 10.4. The van der Waals surface area contributed by atoms with Crippen LogP contribution in [0.15, 0.2) is 60.7 Å². The van der Waals surface area contributed by atoms with Crippen molar-refractivity contribution in [2.24, 2.45) is 0 Å². The summed E-state index contributed by atoms with van der Waals surface area (Å²) in [7, 11) is 0.658. The molecule has 2 aromatic rings. The molecule has 0 fully saturated rings. The molecule has 0 saturated heterocycles. The van der Waals surface area contributed by atoms with Crippen molar-refractivity contribution < 1.29 is 18.3 Å². The summed E-state index contributed by atoms with van der Waals surface area (Å²) in [5.74, 6) is 0. The van der Waals surface area contributed by atoms with E-state index in [0.717, 1.165) is 23.2 Å². The van der Waals surface area contributed by atoms with Crippen LogP contribution in [0.3, 0.4) is 0 Å². The lowest BCUT2D eigenvalue weighted by Gasteiger charge is -2.31. The Morgan fingerprint density at radius 3 is 1.36 bits per heavy atom. The van der Waals surface area contributed by atoms with Crippen molar-refractivity contribution in [1.29, 1.82) is 0 Å². The van der Waals surface area contributed by atoms with Crippen LogP contribution in [0.2, 0.25) is 0 Å². The van der Waals surface area contributed by atoms with Gasteiger partial charge in [-0.2, -0.15) is 0 Å². The van der Waals surface area contributed by atoms with Crippen LogP contribution in [0, 0.1) is 0 Å². The molecule has 0 bridgehead atoms. The highest BCUT2D eigenvalue weighted by molar-refractivity contribution is 6.92. The predicted molar refractivity (Wildman–Crippen MR) is 103 cm³/mol. The number of hydrogen-bond acceptors (Lipinski definition) is 4. The zero-order chi connectivity index (χ0) is 17.8. The van der Waals surface area contributed by atoms with Gasteiger partial charge in [0.25, 0.3) is 0 Å². The first-order valence-electron chi connectivity index (χ1n) is 8.70. The molecule has 0 N–H and O–H groups in total. The molecule has 0 heterocycles. The van der Waals surface area contributed by atoms with Gasteiger partial charge in [0.1, 0.15) is 0 Å². The molecule has 0 saturated carbocycles. The first-order valence-corrected chi connectivity index (χ1v) is 10.5. The van der Waals surface area contributed by atoms with E-state index < -0.39 is 8.56 Å². The van der Waals surface area contributed by atoms with Gasteiger partial charge in [0.05, 0.1) is 0 Å².